The minimum absolute atomic E-state index is 0.0709. The van der Waals surface area contributed by atoms with Crippen molar-refractivity contribution in [2.45, 2.75) is 12.5 Å². The summed E-state index contributed by atoms with van der Waals surface area (Å²) in [6, 6.07) is 5.55. The highest BCUT2D eigenvalue weighted by Gasteiger charge is 2.19. The average Bonchev–Trinajstić information content (AvgIpc) is 2.46. The van der Waals surface area contributed by atoms with Crippen molar-refractivity contribution in [2.75, 3.05) is 5.32 Å². The van der Waals surface area contributed by atoms with Gasteiger partial charge in [0, 0.05) is 17.1 Å². The molecule has 1 aliphatic rings. The summed E-state index contributed by atoms with van der Waals surface area (Å²) in [6.07, 6.45) is 1.67. The number of fused-ring (bicyclic) bond motifs is 1. The molecular formula is C9H8ClNO. The maximum atomic E-state index is 10.5. The van der Waals surface area contributed by atoms with Crippen LogP contribution in [0.15, 0.2) is 18.2 Å². The Morgan fingerprint density at radius 3 is 3.17 bits per heavy atom. The van der Waals surface area contributed by atoms with Crippen LogP contribution in [-0.2, 0) is 11.2 Å². The monoisotopic (exact) mass is 181 g/mol. The zero-order valence-electron chi connectivity index (χ0n) is 6.38. The van der Waals surface area contributed by atoms with Crippen molar-refractivity contribution in [3.8, 4) is 0 Å². The Bertz CT molecular complexity index is 324. The van der Waals surface area contributed by atoms with Crippen LogP contribution in [0.25, 0.3) is 0 Å². The van der Waals surface area contributed by atoms with Gasteiger partial charge in [-0.25, -0.2) is 0 Å². The Morgan fingerprint density at radius 2 is 2.42 bits per heavy atom. The van der Waals surface area contributed by atoms with Crippen LogP contribution in [0.5, 0.6) is 0 Å². The fraction of sp³-hybridized carbons (Fsp3) is 0.222. The number of hydrogen-bond acceptors (Lipinski definition) is 2. The molecule has 1 aromatic carbocycles. The lowest BCUT2D eigenvalue weighted by atomic mass is 10.1. The number of carbonyl (C=O) groups is 1. The molecular weight excluding hydrogens is 174 g/mol. The molecule has 0 radical (unpaired) electrons. The molecule has 1 N–H and O–H groups in total. The van der Waals surface area contributed by atoms with Crippen molar-refractivity contribution < 1.29 is 4.79 Å². The van der Waals surface area contributed by atoms with E-state index >= 15 is 0 Å². The van der Waals surface area contributed by atoms with Gasteiger partial charge in [-0.2, -0.15) is 0 Å². The maximum Gasteiger partial charge on any atom is 0.142 e. The van der Waals surface area contributed by atoms with E-state index < -0.39 is 0 Å². The van der Waals surface area contributed by atoms with Crippen molar-refractivity contribution in [1.82, 2.24) is 0 Å². The van der Waals surface area contributed by atoms with E-state index in [1.54, 1.807) is 0 Å². The second-order valence-electron chi connectivity index (χ2n) is 2.89. The van der Waals surface area contributed by atoms with Gasteiger partial charge in [0.05, 0.1) is 6.04 Å². The van der Waals surface area contributed by atoms with Crippen molar-refractivity contribution in [1.29, 1.82) is 0 Å². The third kappa shape index (κ3) is 1.18. The van der Waals surface area contributed by atoms with Gasteiger partial charge in [0.15, 0.2) is 0 Å². The molecule has 62 valence electrons. The molecule has 0 amide bonds. The maximum absolute atomic E-state index is 10.5. The van der Waals surface area contributed by atoms with Gasteiger partial charge in [-0.1, -0.05) is 11.6 Å². The number of carbonyl (C=O) groups excluding carboxylic acids is 1. The van der Waals surface area contributed by atoms with Crippen LogP contribution in [0.2, 0.25) is 5.02 Å². The first kappa shape index (κ1) is 7.62. The Labute approximate surface area is 75.5 Å². The molecule has 3 heteroatoms. The van der Waals surface area contributed by atoms with Gasteiger partial charge < -0.3 is 10.1 Å². The standard InChI is InChI=1S/C9H8ClNO/c10-7-1-2-9-6(3-7)4-8(5-12)11-9/h1-3,5,8,11H,4H2. The van der Waals surface area contributed by atoms with Crippen LogP contribution < -0.4 is 5.32 Å². The molecule has 2 nitrogen and oxygen atoms in total. The van der Waals surface area contributed by atoms with Crippen LogP contribution in [0, 0.1) is 0 Å². The fourth-order valence-electron chi connectivity index (χ4n) is 1.44. The number of nitrogens with one attached hydrogen (secondary N) is 1. The van der Waals surface area contributed by atoms with Crippen molar-refractivity contribution >= 4 is 23.6 Å². The summed E-state index contributed by atoms with van der Waals surface area (Å²) >= 11 is 5.80. The number of anilines is 1. The third-order valence-electron chi connectivity index (χ3n) is 2.01. The second-order valence-corrected chi connectivity index (χ2v) is 3.33. The van der Waals surface area contributed by atoms with E-state index in [0.29, 0.717) is 0 Å². The number of rotatable bonds is 1. The summed E-state index contributed by atoms with van der Waals surface area (Å²) in [5.41, 5.74) is 2.15. The molecule has 0 spiro atoms. The smallest absolute Gasteiger partial charge is 0.142 e. The lowest BCUT2D eigenvalue weighted by Crippen LogP contribution is -2.15. The van der Waals surface area contributed by atoms with E-state index in [1.165, 1.54) is 0 Å². The Kier molecular flexibility index (Phi) is 1.77. The Morgan fingerprint density at radius 1 is 1.58 bits per heavy atom. The molecule has 2 rings (SSSR count). The summed E-state index contributed by atoms with van der Waals surface area (Å²) in [6.45, 7) is 0. The molecule has 1 heterocycles. The van der Waals surface area contributed by atoms with Crippen LogP contribution >= 0.6 is 11.6 Å². The van der Waals surface area contributed by atoms with E-state index in [2.05, 4.69) is 5.32 Å². The third-order valence-corrected chi connectivity index (χ3v) is 2.25. The molecule has 0 saturated carbocycles. The molecule has 1 aliphatic heterocycles. The highest BCUT2D eigenvalue weighted by Crippen LogP contribution is 2.27. The predicted octanol–water partition coefficient (Wildman–Crippen LogP) is 1.88. The summed E-state index contributed by atoms with van der Waals surface area (Å²) < 4.78 is 0. The summed E-state index contributed by atoms with van der Waals surface area (Å²) in [4.78, 5) is 10.5. The molecule has 0 fully saturated rings. The normalized spacial score (nSPS) is 19.9. The lowest BCUT2D eigenvalue weighted by molar-refractivity contribution is -0.108. The fourth-order valence-corrected chi connectivity index (χ4v) is 1.64. The average molecular weight is 182 g/mol. The first-order chi connectivity index (χ1) is 5.79. The molecule has 1 unspecified atom stereocenters. The Hall–Kier alpha value is -1.02. The molecule has 12 heavy (non-hydrogen) atoms. The molecule has 1 atom stereocenters. The van der Waals surface area contributed by atoms with Gasteiger partial charge in [-0.05, 0) is 23.8 Å². The summed E-state index contributed by atoms with van der Waals surface area (Å²) in [5.74, 6) is 0. The van der Waals surface area contributed by atoms with Gasteiger partial charge in [0.25, 0.3) is 0 Å². The largest absolute Gasteiger partial charge is 0.375 e. The molecule has 0 aromatic heterocycles. The van der Waals surface area contributed by atoms with E-state index in [1.807, 2.05) is 18.2 Å². The topological polar surface area (TPSA) is 29.1 Å². The predicted molar refractivity (Wildman–Crippen MR) is 48.6 cm³/mol. The Balaban J connectivity index is 2.35. The first-order valence-electron chi connectivity index (χ1n) is 3.80. The van der Waals surface area contributed by atoms with Crippen LogP contribution in [0.3, 0.4) is 0 Å². The molecule has 0 saturated heterocycles. The quantitative estimate of drug-likeness (QED) is 0.671. The molecule has 1 aromatic rings. The lowest BCUT2D eigenvalue weighted by Gasteiger charge is -2.00. The van der Waals surface area contributed by atoms with Crippen molar-refractivity contribution in [2.24, 2.45) is 0 Å². The summed E-state index contributed by atoms with van der Waals surface area (Å²) in [7, 11) is 0. The minimum atomic E-state index is -0.0709. The number of aldehydes is 1. The molecule has 0 aliphatic carbocycles. The van der Waals surface area contributed by atoms with Crippen LogP contribution in [-0.4, -0.2) is 12.3 Å². The number of benzene rings is 1. The van der Waals surface area contributed by atoms with Gasteiger partial charge in [0.2, 0.25) is 0 Å². The first-order valence-corrected chi connectivity index (χ1v) is 4.17. The second kappa shape index (κ2) is 2.79. The van der Waals surface area contributed by atoms with Crippen LogP contribution in [0.4, 0.5) is 5.69 Å². The highest BCUT2D eigenvalue weighted by atomic mass is 35.5. The van der Waals surface area contributed by atoms with E-state index in [0.717, 1.165) is 29.0 Å². The van der Waals surface area contributed by atoms with E-state index in [9.17, 15) is 4.79 Å². The van der Waals surface area contributed by atoms with Crippen LogP contribution in [0.1, 0.15) is 5.56 Å². The van der Waals surface area contributed by atoms with E-state index in [4.69, 9.17) is 11.6 Å². The van der Waals surface area contributed by atoms with Gasteiger partial charge >= 0.3 is 0 Å². The van der Waals surface area contributed by atoms with Gasteiger partial charge in [-0.3, -0.25) is 0 Å². The highest BCUT2D eigenvalue weighted by molar-refractivity contribution is 6.30. The zero-order valence-corrected chi connectivity index (χ0v) is 7.14. The van der Waals surface area contributed by atoms with Crippen molar-refractivity contribution in [3.63, 3.8) is 0 Å². The minimum Gasteiger partial charge on any atom is -0.375 e. The number of halogens is 1. The molecule has 0 bridgehead atoms. The zero-order chi connectivity index (χ0) is 8.55. The van der Waals surface area contributed by atoms with Gasteiger partial charge in [0.1, 0.15) is 6.29 Å². The van der Waals surface area contributed by atoms with E-state index in [-0.39, 0.29) is 6.04 Å². The van der Waals surface area contributed by atoms with Crippen molar-refractivity contribution in [3.05, 3.63) is 28.8 Å². The number of hydrogen-bond donors (Lipinski definition) is 1. The summed E-state index contributed by atoms with van der Waals surface area (Å²) in [5, 5.41) is 3.81. The van der Waals surface area contributed by atoms with Gasteiger partial charge in [-0.15, -0.1) is 0 Å². The SMILES string of the molecule is O=CC1Cc2cc(Cl)ccc2N1.